The van der Waals surface area contributed by atoms with E-state index < -0.39 is 6.10 Å². The normalized spacial score (nSPS) is 27.5. The molecule has 7 heteroatoms. The Morgan fingerprint density at radius 3 is 2.70 bits per heavy atom. The summed E-state index contributed by atoms with van der Waals surface area (Å²) in [5.74, 6) is 1.76. The number of halogens is 1. The molecule has 27 heavy (non-hydrogen) atoms. The summed E-state index contributed by atoms with van der Waals surface area (Å²) in [6.45, 7) is 4.85. The summed E-state index contributed by atoms with van der Waals surface area (Å²) in [6.07, 6.45) is 0.489. The van der Waals surface area contributed by atoms with E-state index in [1.54, 1.807) is 26.0 Å². The SMILES string of the molecule is Cc1noc(C)c1C(=O)N1C[C@H]2C[C@@H](Oc3cccc(Cl)c3)[C@H](O)C[C@H]2C1. The average Bonchev–Trinajstić information content (AvgIpc) is 3.17. The Bertz CT molecular complexity index is 833. The number of hydrogen-bond acceptors (Lipinski definition) is 5. The van der Waals surface area contributed by atoms with Gasteiger partial charge in [-0.3, -0.25) is 4.79 Å². The van der Waals surface area contributed by atoms with Crippen molar-refractivity contribution in [1.82, 2.24) is 10.1 Å². The summed E-state index contributed by atoms with van der Waals surface area (Å²) in [7, 11) is 0. The number of carbonyl (C=O) groups excluding carboxylic acids is 1. The fourth-order valence-electron chi connectivity index (χ4n) is 4.34. The number of amides is 1. The second-order valence-corrected chi connectivity index (χ2v) is 8.02. The van der Waals surface area contributed by atoms with E-state index in [1.165, 1.54) is 0 Å². The number of aliphatic hydroxyl groups excluding tert-OH is 1. The van der Waals surface area contributed by atoms with Crippen molar-refractivity contribution in [2.24, 2.45) is 11.8 Å². The predicted molar refractivity (Wildman–Crippen MR) is 100.0 cm³/mol. The highest BCUT2D eigenvalue weighted by Crippen LogP contribution is 2.39. The lowest BCUT2D eigenvalue weighted by molar-refractivity contribution is -0.0231. The zero-order chi connectivity index (χ0) is 19.1. The van der Waals surface area contributed by atoms with Crippen molar-refractivity contribution in [2.45, 2.75) is 38.9 Å². The van der Waals surface area contributed by atoms with Crippen LogP contribution in [0.4, 0.5) is 0 Å². The molecule has 2 aliphatic rings. The molecule has 1 amide bonds. The molecule has 1 aromatic carbocycles. The Morgan fingerprint density at radius 2 is 2.04 bits per heavy atom. The molecule has 1 aliphatic heterocycles. The number of aliphatic hydroxyl groups is 1. The molecule has 0 bridgehead atoms. The van der Waals surface area contributed by atoms with Crippen LogP contribution in [0.25, 0.3) is 0 Å². The largest absolute Gasteiger partial charge is 0.488 e. The number of benzene rings is 1. The van der Waals surface area contributed by atoms with Crippen LogP contribution in [0, 0.1) is 25.7 Å². The lowest BCUT2D eigenvalue weighted by atomic mass is 9.78. The van der Waals surface area contributed by atoms with Crippen LogP contribution in [0.2, 0.25) is 5.02 Å². The highest BCUT2D eigenvalue weighted by Gasteiger charge is 2.44. The Kier molecular flexibility index (Phi) is 4.86. The van der Waals surface area contributed by atoms with Crippen molar-refractivity contribution in [2.75, 3.05) is 13.1 Å². The topological polar surface area (TPSA) is 75.8 Å². The molecule has 1 saturated carbocycles. The number of likely N-dealkylation sites (tertiary alicyclic amines) is 1. The molecule has 1 aromatic heterocycles. The van der Waals surface area contributed by atoms with Gasteiger partial charge in [-0.25, -0.2) is 0 Å². The van der Waals surface area contributed by atoms with E-state index in [2.05, 4.69) is 5.16 Å². The van der Waals surface area contributed by atoms with Crippen LogP contribution < -0.4 is 4.74 Å². The van der Waals surface area contributed by atoms with Gasteiger partial charge < -0.3 is 19.3 Å². The first-order valence-corrected chi connectivity index (χ1v) is 9.62. The molecule has 2 heterocycles. The summed E-state index contributed by atoms with van der Waals surface area (Å²) in [4.78, 5) is 14.8. The molecule has 2 fully saturated rings. The zero-order valence-electron chi connectivity index (χ0n) is 15.4. The van der Waals surface area contributed by atoms with E-state index in [-0.39, 0.29) is 17.9 Å². The van der Waals surface area contributed by atoms with Gasteiger partial charge in [0.25, 0.3) is 5.91 Å². The Hall–Kier alpha value is -2.05. The number of carbonyl (C=O) groups is 1. The molecule has 144 valence electrons. The summed E-state index contributed by atoms with van der Waals surface area (Å²) in [5.41, 5.74) is 1.18. The Morgan fingerprint density at radius 1 is 1.30 bits per heavy atom. The maximum atomic E-state index is 12.9. The molecule has 0 radical (unpaired) electrons. The van der Waals surface area contributed by atoms with Crippen LogP contribution in [0.1, 0.15) is 34.7 Å². The summed E-state index contributed by atoms with van der Waals surface area (Å²) < 4.78 is 11.1. The molecule has 4 rings (SSSR count). The second kappa shape index (κ2) is 7.17. The van der Waals surface area contributed by atoms with Crippen LogP contribution in [0.3, 0.4) is 0 Å². The van der Waals surface area contributed by atoms with Gasteiger partial charge in [-0.05, 0) is 56.7 Å². The molecule has 2 aromatic rings. The second-order valence-electron chi connectivity index (χ2n) is 7.58. The molecular weight excluding hydrogens is 368 g/mol. The smallest absolute Gasteiger partial charge is 0.259 e. The van der Waals surface area contributed by atoms with Gasteiger partial charge in [-0.2, -0.15) is 0 Å². The number of nitrogens with zero attached hydrogens (tertiary/aromatic N) is 2. The third-order valence-corrected chi connectivity index (χ3v) is 5.94. The van der Waals surface area contributed by atoms with Crippen LogP contribution >= 0.6 is 11.6 Å². The molecular formula is C20H23ClN2O4. The monoisotopic (exact) mass is 390 g/mol. The number of hydrogen-bond donors (Lipinski definition) is 1. The van der Waals surface area contributed by atoms with Gasteiger partial charge in [-0.1, -0.05) is 22.8 Å². The minimum atomic E-state index is -0.556. The molecule has 0 unspecified atom stereocenters. The lowest BCUT2D eigenvalue weighted by Crippen LogP contribution is -2.42. The molecule has 1 N–H and O–H groups in total. The maximum absolute atomic E-state index is 12.9. The van der Waals surface area contributed by atoms with Crippen LogP contribution in [-0.2, 0) is 0 Å². The first-order valence-electron chi connectivity index (χ1n) is 9.25. The van der Waals surface area contributed by atoms with Gasteiger partial charge in [-0.15, -0.1) is 0 Å². The lowest BCUT2D eigenvalue weighted by Gasteiger charge is -2.35. The van der Waals surface area contributed by atoms with E-state index in [0.717, 1.165) is 0 Å². The molecule has 6 nitrogen and oxygen atoms in total. The van der Waals surface area contributed by atoms with Gasteiger partial charge in [0.1, 0.15) is 23.2 Å². The number of ether oxygens (including phenoxy) is 1. The predicted octanol–water partition coefficient (Wildman–Crippen LogP) is 3.24. The van der Waals surface area contributed by atoms with E-state index in [4.69, 9.17) is 20.9 Å². The van der Waals surface area contributed by atoms with Gasteiger partial charge in [0.2, 0.25) is 0 Å². The fourth-order valence-corrected chi connectivity index (χ4v) is 4.52. The van der Waals surface area contributed by atoms with Gasteiger partial charge in [0.15, 0.2) is 0 Å². The van der Waals surface area contributed by atoms with Gasteiger partial charge in [0.05, 0.1) is 11.8 Å². The van der Waals surface area contributed by atoms with Crippen molar-refractivity contribution in [3.05, 3.63) is 46.3 Å². The van der Waals surface area contributed by atoms with E-state index in [0.29, 0.717) is 59.6 Å². The van der Waals surface area contributed by atoms with Crippen LogP contribution in [0.5, 0.6) is 5.75 Å². The van der Waals surface area contributed by atoms with Crippen molar-refractivity contribution >= 4 is 17.5 Å². The molecule has 1 aliphatic carbocycles. The number of aromatic nitrogens is 1. The summed E-state index contributed by atoms with van der Waals surface area (Å²) in [5, 5.41) is 15.0. The fraction of sp³-hybridized carbons (Fsp3) is 0.500. The van der Waals surface area contributed by atoms with Crippen molar-refractivity contribution in [3.63, 3.8) is 0 Å². The molecule has 0 spiro atoms. The van der Waals surface area contributed by atoms with Crippen LogP contribution in [0.15, 0.2) is 28.8 Å². The third kappa shape index (κ3) is 3.56. The quantitative estimate of drug-likeness (QED) is 0.870. The summed E-state index contributed by atoms with van der Waals surface area (Å²) >= 11 is 6.02. The number of rotatable bonds is 3. The highest BCUT2D eigenvalue weighted by atomic mass is 35.5. The van der Waals surface area contributed by atoms with E-state index in [9.17, 15) is 9.90 Å². The summed E-state index contributed by atoms with van der Waals surface area (Å²) in [6, 6.07) is 7.21. The van der Waals surface area contributed by atoms with E-state index >= 15 is 0 Å². The standard InChI is InChI=1S/C20H23ClN2O4/c1-11-19(12(2)27-22-11)20(25)23-9-13-6-17(24)18(7-14(13)10-23)26-16-5-3-4-15(21)8-16/h3-5,8,13-14,17-18,24H,6-7,9-10H2,1-2H3/t13-,14+,17+,18+/m0/s1. The first-order chi connectivity index (χ1) is 12.9. The minimum absolute atomic E-state index is 0.0394. The highest BCUT2D eigenvalue weighted by molar-refractivity contribution is 6.30. The van der Waals surface area contributed by atoms with Crippen molar-refractivity contribution in [3.8, 4) is 5.75 Å². The van der Waals surface area contributed by atoms with Crippen LogP contribution in [-0.4, -0.2) is 46.4 Å². The van der Waals surface area contributed by atoms with Crippen molar-refractivity contribution < 1.29 is 19.2 Å². The first kappa shape index (κ1) is 18.3. The third-order valence-electron chi connectivity index (χ3n) is 5.70. The number of fused-ring (bicyclic) bond motifs is 1. The molecule has 4 atom stereocenters. The minimum Gasteiger partial charge on any atom is -0.488 e. The van der Waals surface area contributed by atoms with E-state index in [1.807, 2.05) is 17.0 Å². The molecule has 1 saturated heterocycles. The maximum Gasteiger partial charge on any atom is 0.259 e. The van der Waals surface area contributed by atoms with Crippen molar-refractivity contribution in [1.29, 1.82) is 0 Å². The van der Waals surface area contributed by atoms with Gasteiger partial charge >= 0.3 is 0 Å². The Balaban J connectivity index is 1.45. The average molecular weight is 391 g/mol. The zero-order valence-corrected chi connectivity index (χ0v) is 16.1. The van der Waals surface area contributed by atoms with Gasteiger partial charge in [0, 0.05) is 18.1 Å². The number of aryl methyl sites for hydroxylation is 2. The Labute approximate surface area is 163 Å².